The minimum atomic E-state index is -6.73. The van der Waals surface area contributed by atoms with Gasteiger partial charge in [0.25, 0.3) is 0 Å². The Morgan fingerprint density at radius 3 is 0.644 bits per heavy atom. The van der Waals surface area contributed by atoms with E-state index >= 15 is 0 Å². The van der Waals surface area contributed by atoms with Crippen LogP contribution in [0.15, 0.2) is 97.1 Å². The van der Waals surface area contributed by atoms with E-state index in [0.717, 1.165) is 97.1 Å². The van der Waals surface area contributed by atoms with Crippen LogP contribution in [0, 0.1) is 40.5 Å². The number of non-ortho nitro benzene ring substituents is 4. The van der Waals surface area contributed by atoms with Crippen LogP contribution in [-0.4, -0.2) is 53.3 Å². The van der Waals surface area contributed by atoms with Gasteiger partial charge < -0.3 is 0 Å². The van der Waals surface area contributed by atoms with E-state index in [-0.39, 0.29) is 0 Å². The van der Waals surface area contributed by atoms with Crippen molar-refractivity contribution < 1.29 is 38.9 Å². The van der Waals surface area contributed by atoms with Gasteiger partial charge in [0.05, 0.1) is 0 Å². The summed E-state index contributed by atoms with van der Waals surface area (Å²) in [4.78, 5) is 99.6. The molecule has 0 bridgehead atoms. The van der Waals surface area contributed by atoms with E-state index in [0.29, 0.717) is 0 Å². The van der Waals surface area contributed by atoms with E-state index in [1.54, 1.807) is 0 Å². The molecule has 45 heavy (non-hydrogen) atoms. The second kappa shape index (κ2) is 12.7. The molecule has 4 aromatic rings. The predicted octanol–water partition coefficient (Wildman–Crippen LogP) is 4.76. The number of hydrogen-bond donors (Lipinski definition) is 0. The minimum absolute atomic E-state index is 0.405. The van der Waals surface area contributed by atoms with Gasteiger partial charge in [0.1, 0.15) is 0 Å². The number of benzene rings is 4. The molecule has 0 aromatic heterocycles. The van der Waals surface area contributed by atoms with Crippen molar-refractivity contribution in [2.45, 2.75) is 0 Å². The van der Waals surface area contributed by atoms with Crippen molar-refractivity contribution in [1.29, 1.82) is 0 Å². The molecule has 4 aromatic carbocycles. The SMILES string of the molecule is O=[C](c1ccc([N+](=O)[O-])cc1)[Sn]([C](=O)c1ccc([N+](=O)[O-])cc1)([C](=O)c1ccc([N+](=O)[O-])cc1)[C](=O)c1ccc([N+](=O)[O-])cc1. The topological polar surface area (TPSA) is 241 Å². The molecule has 0 heterocycles. The Bertz CT molecular complexity index is 1620. The van der Waals surface area contributed by atoms with Gasteiger partial charge in [0.2, 0.25) is 0 Å². The van der Waals surface area contributed by atoms with Gasteiger partial charge in [-0.05, 0) is 0 Å². The quantitative estimate of drug-likeness (QED) is 0.109. The Morgan fingerprint density at radius 2 is 0.511 bits per heavy atom. The van der Waals surface area contributed by atoms with Crippen molar-refractivity contribution in [2.24, 2.45) is 0 Å². The zero-order valence-corrected chi connectivity index (χ0v) is 25.3. The summed E-state index contributed by atoms with van der Waals surface area (Å²) in [5.74, 6) is 0. The molecule has 224 valence electrons. The number of nitro groups is 4. The number of nitrogens with zero attached hydrogens (tertiary/aromatic N) is 4. The average molecular weight is 719 g/mol. The molecule has 0 atom stereocenters. The van der Waals surface area contributed by atoms with E-state index < -0.39 is 98.3 Å². The Balaban J connectivity index is 2.04. The van der Waals surface area contributed by atoms with Gasteiger partial charge in [-0.3, -0.25) is 0 Å². The van der Waals surface area contributed by atoms with Crippen molar-refractivity contribution in [3.8, 4) is 0 Å². The molecule has 0 amide bonds. The van der Waals surface area contributed by atoms with Crippen molar-refractivity contribution >= 4 is 56.3 Å². The average Bonchev–Trinajstić information content (AvgIpc) is 3.04. The molecular formula is C28H16N4O12Sn. The zero-order valence-electron chi connectivity index (χ0n) is 22.4. The van der Waals surface area contributed by atoms with E-state index in [1.165, 1.54) is 0 Å². The van der Waals surface area contributed by atoms with Crippen LogP contribution in [0.4, 0.5) is 22.7 Å². The molecule has 0 aliphatic carbocycles. The first kappa shape index (κ1) is 31.9. The van der Waals surface area contributed by atoms with E-state index in [4.69, 9.17) is 0 Å². The Labute approximate surface area is 254 Å². The van der Waals surface area contributed by atoms with Gasteiger partial charge >= 0.3 is 255 Å². The van der Waals surface area contributed by atoms with Gasteiger partial charge in [0.15, 0.2) is 0 Å². The van der Waals surface area contributed by atoms with Crippen molar-refractivity contribution in [1.82, 2.24) is 0 Å². The maximum absolute atomic E-state index is 14.5. The van der Waals surface area contributed by atoms with Crippen molar-refractivity contribution in [3.63, 3.8) is 0 Å². The molecule has 0 saturated heterocycles. The summed E-state index contributed by atoms with van der Waals surface area (Å²) < 4.78 is -4.97. The van der Waals surface area contributed by atoms with Crippen molar-refractivity contribution in [3.05, 3.63) is 160 Å². The summed E-state index contributed by atoms with van der Waals surface area (Å²) in [6.45, 7) is 0. The molecule has 17 heteroatoms. The van der Waals surface area contributed by atoms with Crippen molar-refractivity contribution in [2.75, 3.05) is 0 Å². The third kappa shape index (κ3) is 6.07. The van der Waals surface area contributed by atoms with E-state index in [9.17, 15) is 59.6 Å². The van der Waals surface area contributed by atoms with E-state index in [1.807, 2.05) is 0 Å². The van der Waals surface area contributed by atoms with Gasteiger partial charge in [-0.15, -0.1) is 0 Å². The summed E-state index contributed by atoms with van der Waals surface area (Å²) in [5.41, 5.74) is -3.41. The van der Waals surface area contributed by atoms with Crippen LogP contribution in [0.3, 0.4) is 0 Å². The summed E-state index contributed by atoms with van der Waals surface area (Å²) in [6.07, 6.45) is 0. The van der Waals surface area contributed by atoms with Crippen LogP contribution in [0.5, 0.6) is 0 Å². The van der Waals surface area contributed by atoms with Gasteiger partial charge in [-0.1, -0.05) is 0 Å². The molecule has 0 unspecified atom stereocenters. The second-order valence-electron chi connectivity index (χ2n) is 9.28. The van der Waals surface area contributed by atoms with Crippen LogP contribution in [0.2, 0.25) is 0 Å². The maximum atomic E-state index is 14.5. The fourth-order valence-corrected chi connectivity index (χ4v) is 14.8. The summed E-state index contributed by atoms with van der Waals surface area (Å²) >= 11 is -6.73. The summed E-state index contributed by atoms with van der Waals surface area (Å²) in [5, 5.41) is 44.9. The first-order valence-electron chi connectivity index (χ1n) is 12.5. The third-order valence-corrected chi connectivity index (χ3v) is 17.8. The molecule has 4 rings (SSSR count). The fraction of sp³-hybridized carbons (Fsp3) is 0. The monoisotopic (exact) mass is 720 g/mol. The molecule has 16 nitrogen and oxygen atoms in total. The molecule has 0 aliphatic rings. The molecule has 0 N–H and O–H groups in total. The molecule has 0 saturated carbocycles. The number of carbonyl (C=O) groups is 4. The normalized spacial score (nSPS) is 10.8. The third-order valence-electron chi connectivity index (χ3n) is 6.72. The summed E-state index contributed by atoms with van der Waals surface area (Å²) in [6, 6.07) is 15.1. The van der Waals surface area contributed by atoms with Crippen LogP contribution in [-0.2, 0) is 0 Å². The second-order valence-corrected chi connectivity index (χ2v) is 18.7. The molecule has 0 aliphatic heterocycles. The van der Waals surface area contributed by atoms with Crippen LogP contribution in [0.25, 0.3) is 0 Å². The van der Waals surface area contributed by atoms with Gasteiger partial charge in [-0.2, -0.15) is 0 Å². The Hall–Kier alpha value is -6.04. The van der Waals surface area contributed by atoms with Crippen LogP contribution >= 0.6 is 0 Å². The number of carbonyl (C=O) groups excluding carboxylic acids is 4. The summed E-state index contributed by atoms with van der Waals surface area (Å²) in [7, 11) is 0. The molecule has 0 radical (unpaired) electrons. The van der Waals surface area contributed by atoms with Gasteiger partial charge in [-0.25, -0.2) is 0 Å². The Morgan fingerprint density at radius 1 is 0.356 bits per heavy atom. The first-order chi connectivity index (χ1) is 21.3. The molecule has 0 spiro atoms. The fourth-order valence-electron chi connectivity index (χ4n) is 4.42. The number of nitro benzene ring substituents is 4. The predicted molar refractivity (Wildman–Crippen MR) is 155 cm³/mol. The Kier molecular flexibility index (Phi) is 8.98. The van der Waals surface area contributed by atoms with Crippen LogP contribution < -0.4 is 0 Å². The van der Waals surface area contributed by atoms with Gasteiger partial charge in [0, 0.05) is 0 Å². The number of rotatable bonds is 12. The first-order valence-corrected chi connectivity index (χ1v) is 18.2. The standard InChI is InChI=1S/4C7H4NO3.Sn/c4*9-5-6-1-3-7(4-2-6)8(10)11;/h4*1-4H;. The van der Waals surface area contributed by atoms with Crippen LogP contribution in [0.1, 0.15) is 41.4 Å². The number of hydrogen-bond acceptors (Lipinski definition) is 12. The molecular weight excluding hydrogens is 703 g/mol. The molecule has 0 fully saturated rings. The van der Waals surface area contributed by atoms with E-state index in [2.05, 4.69) is 0 Å². The zero-order chi connectivity index (χ0) is 33.1.